The number of nitrogen functional groups attached to an aromatic ring is 1. The second kappa shape index (κ2) is 14.1. The molecule has 50 heavy (non-hydrogen) atoms. The summed E-state index contributed by atoms with van der Waals surface area (Å²) in [5.74, 6) is 0.919. The minimum atomic E-state index is 0.446. The molecule has 0 spiro atoms. The lowest BCUT2D eigenvalue weighted by Gasteiger charge is -2.14. The summed E-state index contributed by atoms with van der Waals surface area (Å²) in [6, 6.07) is 33.5. The maximum Gasteiger partial charge on any atom is 0.164 e. The Hall–Kier alpha value is -4.93. The van der Waals surface area contributed by atoms with Gasteiger partial charge in [-0.15, -0.1) is 11.6 Å². The number of anilines is 1. The van der Waals surface area contributed by atoms with Crippen LogP contribution in [0.2, 0.25) is 0 Å². The van der Waals surface area contributed by atoms with Crippen molar-refractivity contribution in [2.24, 2.45) is 0 Å². The van der Waals surface area contributed by atoms with Crippen molar-refractivity contribution >= 4 is 72.8 Å². The molecule has 0 unspecified atom stereocenters. The van der Waals surface area contributed by atoms with Crippen LogP contribution in [-0.4, -0.2) is 29.7 Å². The smallest absolute Gasteiger partial charge is 0.164 e. The van der Waals surface area contributed by atoms with E-state index in [9.17, 15) is 0 Å². The van der Waals surface area contributed by atoms with Crippen LogP contribution in [0.3, 0.4) is 0 Å². The second-order valence-electron chi connectivity index (χ2n) is 12.5. The highest BCUT2D eigenvalue weighted by Crippen LogP contribution is 2.32. The van der Waals surface area contributed by atoms with Crippen molar-refractivity contribution in [2.75, 3.05) is 5.73 Å². The van der Waals surface area contributed by atoms with Crippen molar-refractivity contribution in [3.05, 3.63) is 140 Å². The first-order valence-electron chi connectivity index (χ1n) is 16.3. The third kappa shape index (κ3) is 6.41. The van der Waals surface area contributed by atoms with E-state index in [1.165, 1.54) is 23.0 Å². The number of alkyl halides is 1. The molecule has 0 fully saturated rings. The van der Waals surface area contributed by atoms with E-state index in [0.717, 1.165) is 75.7 Å². The number of nitrogens with zero attached hydrogens (tertiary/aromatic N) is 6. The first-order chi connectivity index (χ1) is 24.2. The van der Waals surface area contributed by atoms with Gasteiger partial charge in [0.05, 0.1) is 34.4 Å². The molecule has 8 aromatic rings. The summed E-state index contributed by atoms with van der Waals surface area (Å²) in [6.45, 7) is 8.95. The summed E-state index contributed by atoms with van der Waals surface area (Å²) in [5.41, 5.74) is 20.1. The number of benzene rings is 4. The zero-order valence-corrected chi connectivity index (χ0v) is 31.2. The normalized spacial score (nSPS) is 11.2. The molecule has 2 N–H and O–H groups in total. The molecule has 0 aliphatic heterocycles. The third-order valence-electron chi connectivity index (χ3n) is 9.03. The van der Waals surface area contributed by atoms with Gasteiger partial charge in [-0.25, -0.2) is 24.6 Å². The minimum absolute atomic E-state index is 0.446. The number of pyridine rings is 2. The van der Waals surface area contributed by atoms with Gasteiger partial charge in [0.1, 0.15) is 15.8 Å². The average molecular weight is 788 g/mol. The molecule has 0 amide bonds. The van der Waals surface area contributed by atoms with Crippen LogP contribution >= 0.6 is 34.2 Å². The molecular formula is C41H35ClIN7. The Bertz CT molecular complexity index is 2540. The number of halogens is 2. The highest BCUT2D eigenvalue weighted by atomic mass is 127. The van der Waals surface area contributed by atoms with Gasteiger partial charge in [0.15, 0.2) is 5.65 Å². The Morgan fingerprint density at radius 3 is 1.74 bits per heavy atom. The maximum absolute atomic E-state index is 6.13. The van der Waals surface area contributed by atoms with Crippen molar-refractivity contribution in [3.8, 4) is 22.5 Å². The van der Waals surface area contributed by atoms with Crippen LogP contribution in [0.4, 0.5) is 5.82 Å². The SMILES string of the molecule is Cc1ccccc1-c1nc2c(C)cccc2cc1CCl.Cc1ccccc1-c1nc2c(C)cccc2cc1Cn1nc(I)c2c(N)ncnc21. The van der Waals surface area contributed by atoms with Gasteiger partial charge in [-0.1, -0.05) is 84.9 Å². The molecule has 4 aromatic heterocycles. The summed E-state index contributed by atoms with van der Waals surface area (Å²) in [4.78, 5) is 18.5. The van der Waals surface area contributed by atoms with E-state index in [-0.39, 0.29) is 0 Å². The van der Waals surface area contributed by atoms with Gasteiger partial charge >= 0.3 is 0 Å². The third-order valence-corrected chi connectivity index (χ3v) is 10.1. The second-order valence-corrected chi connectivity index (χ2v) is 13.7. The summed E-state index contributed by atoms with van der Waals surface area (Å²) < 4.78 is 2.68. The molecule has 8 rings (SSSR count). The fourth-order valence-corrected chi connectivity index (χ4v) is 7.39. The fraction of sp³-hybridized carbons (Fsp3) is 0.146. The lowest BCUT2D eigenvalue weighted by Crippen LogP contribution is -2.07. The van der Waals surface area contributed by atoms with E-state index in [4.69, 9.17) is 32.4 Å². The first kappa shape index (κ1) is 33.6. The van der Waals surface area contributed by atoms with Crippen LogP contribution in [0.15, 0.2) is 103 Å². The zero-order valence-electron chi connectivity index (χ0n) is 28.2. The Balaban J connectivity index is 0.000000170. The molecule has 0 atom stereocenters. The largest absolute Gasteiger partial charge is 0.383 e. The Morgan fingerprint density at radius 1 is 0.660 bits per heavy atom. The van der Waals surface area contributed by atoms with Crippen molar-refractivity contribution in [1.82, 2.24) is 29.7 Å². The highest BCUT2D eigenvalue weighted by Gasteiger charge is 2.18. The lowest BCUT2D eigenvalue weighted by molar-refractivity contribution is 0.697. The summed E-state index contributed by atoms with van der Waals surface area (Å²) in [5, 5.41) is 7.75. The number of fused-ring (bicyclic) bond motifs is 3. The molecule has 0 saturated heterocycles. The molecular weight excluding hydrogens is 753 g/mol. The van der Waals surface area contributed by atoms with Gasteiger partial charge in [-0.2, -0.15) is 5.10 Å². The van der Waals surface area contributed by atoms with Crippen LogP contribution in [0.25, 0.3) is 55.4 Å². The summed E-state index contributed by atoms with van der Waals surface area (Å²) in [7, 11) is 0. The number of para-hydroxylation sites is 2. The van der Waals surface area contributed by atoms with E-state index >= 15 is 0 Å². The Labute approximate surface area is 309 Å². The monoisotopic (exact) mass is 787 g/mol. The molecule has 7 nitrogen and oxygen atoms in total. The molecule has 248 valence electrons. The summed E-state index contributed by atoms with van der Waals surface area (Å²) in [6.07, 6.45) is 1.48. The Morgan fingerprint density at radius 2 is 1.18 bits per heavy atom. The first-order valence-corrected chi connectivity index (χ1v) is 17.9. The number of rotatable bonds is 5. The number of hydrogen-bond acceptors (Lipinski definition) is 6. The van der Waals surface area contributed by atoms with E-state index in [1.54, 1.807) is 0 Å². The van der Waals surface area contributed by atoms with Crippen LogP contribution in [0, 0.1) is 31.4 Å². The van der Waals surface area contributed by atoms with Crippen molar-refractivity contribution in [2.45, 2.75) is 40.1 Å². The molecule has 4 aromatic carbocycles. The van der Waals surface area contributed by atoms with Crippen molar-refractivity contribution < 1.29 is 0 Å². The van der Waals surface area contributed by atoms with E-state index in [2.05, 4.69) is 139 Å². The summed E-state index contributed by atoms with van der Waals surface area (Å²) >= 11 is 8.32. The maximum atomic E-state index is 6.13. The van der Waals surface area contributed by atoms with Gasteiger partial charge in [-0.3, -0.25) is 0 Å². The van der Waals surface area contributed by atoms with Crippen molar-refractivity contribution in [1.29, 1.82) is 0 Å². The van der Waals surface area contributed by atoms with E-state index in [0.29, 0.717) is 18.2 Å². The van der Waals surface area contributed by atoms with E-state index in [1.807, 2.05) is 22.9 Å². The lowest BCUT2D eigenvalue weighted by atomic mass is 9.98. The predicted molar refractivity (Wildman–Crippen MR) is 214 cm³/mol. The molecule has 0 aliphatic rings. The standard InChI is InChI=1S/C23H19IN6.C18H16ClN/c1-13-6-3-4-9-17(13)20-16(10-15-8-5-7-14(2)19(15)28-20)11-30-23-18(21(24)29-30)22(25)26-12-27-23;1-12-6-3-4-9-16(12)18-15(11-19)10-14-8-5-7-13(2)17(14)20-18/h3-10,12H,11H2,1-2H3,(H2,25,26,27);3-10H,11H2,1-2H3. The van der Waals surface area contributed by atoms with Gasteiger partial charge in [0.2, 0.25) is 0 Å². The van der Waals surface area contributed by atoms with Crippen LogP contribution in [0.1, 0.15) is 33.4 Å². The van der Waals surface area contributed by atoms with Gasteiger partial charge < -0.3 is 5.73 Å². The zero-order chi connectivity index (χ0) is 34.9. The number of aryl methyl sites for hydroxylation is 4. The molecule has 0 aliphatic carbocycles. The molecule has 4 heterocycles. The van der Waals surface area contributed by atoms with Crippen LogP contribution in [-0.2, 0) is 12.4 Å². The van der Waals surface area contributed by atoms with Crippen LogP contribution in [0.5, 0.6) is 0 Å². The van der Waals surface area contributed by atoms with Crippen LogP contribution < -0.4 is 5.73 Å². The highest BCUT2D eigenvalue weighted by molar-refractivity contribution is 14.1. The quantitative estimate of drug-likeness (QED) is 0.138. The molecule has 0 saturated carbocycles. The minimum Gasteiger partial charge on any atom is -0.383 e. The Kier molecular flexibility index (Phi) is 9.48. The average Bonchev–Trinajstić information content (AvgIpc) is 3.44. The molecule has 0 bridgehead atoms. The van der Waals surface area contributed by atoms with Gasteiger partial charge in [0.25, 0.3) is 0 Å². The van der Waals surface area contributed by atoms with E-state index < -0.39 is 0 Å². The van der Waals surface area contributed by atoms with Crippen molar-refractivity contribution in [3.63, 3.8) is 0 Å². The molecule has 0 radical (unpaired) electrons. The fourth-order valence-electron chi connectivity index (χ4n) is 6.41. The topological polar surface area (TPSA) is 95.4 Å². The predicted octanol–water partition coefficient (Wildman–Crippen LogP) is 10.2. The molecule has 9 heteroatoms. The number of nitrogens with two attached hydrogens (primary N) is 1. The van der Waals surface area contributed by atoms with Gasteiger partial charge in [-0.05, 0) is 90.2 Å². The number of hydrogen-bond donors (Lipinski definition) is 1. The number of aromatic nitrogens is 6. The van der Waals surface area contributed by atoms with Gasteiger partial charge in [0, 0.05) is 33.3 Å².